The van der Waals surface area contributed by atoms with Gasteiger partial charge in [0.05, 0.1) is 12.0 Å². The number of amides is 2. The van der Waals surface area contributed by atoms with E-state index in [0.29, 0.717) is 39.0 Å². The molecule has 5 unspecified atom stereocenters. The van der Waals surface area contributed by atoms with E-state index < -0.39 is 0 Å². The Morgan fingerprint density at radius 2 is 2.23 bits per heavy atom. The second-order valence-electron chi connectivity index (χ2n) is 8.17. The quantitative estimate of drug-likeness (QED) is 0.492. The van der Waals surface area contributed by atoms with E-state index in [2.05, 4.69) is 21.6 Å². The summed E-state index contributed by atoms with van der Waals surface area (Å²) in [7, 11) is 0. The van der Waals surface area contributed by atoms with Gasteiger partial charge in [-0.15, -0.1) is 0 Å². The molecule has 4 rings (SSSR count). The monoisotopic (exact) mass is 419 g/mol. The summed E-state index contributed by atoms with van der Waals surface area (Å²) in [6.45, 7) is 3.86. The first-order valence-electron chi connectivity index (χ1n) is 10.8. The number of carbonyl (C=O) groups is 2. The Labute approximate surface area is 175 Å². The molecule has 1 aromatic rings. The van der Waals surface area contributed by atoms with Crippen LogP contribution in [0.2, 0.25) is 0 Å². The molecule has 3 fully saturated rings. The van der Waals surface area contributed by atoms with Crippen molar-refractivity contribution in [3.05, 3.63) is 35.6 Å². The van der Waals surface area contributed by atoms with Gasteiger partial charge < -0.3 is 15.4 Å². The lowest BCUT2D eigenvalue weighted by molar-refractivity contribution is -0.143. The minimum atomic E-state index is -0.339. The molecule has 2 saturated heterocycles. The second kappa shape index (κ2) is 9.38. The molecule has 3 aliphatic rings. The molecule has 1 saturated carbocycles. The highest BCUT2D eigenvalue weighted by atomic mass is 19.1. The number of benzene rings is 1. The number of ether oxygens (including phenoxy) is 1. The Balaban J connectivity index is 1.40. The number of rotatable bonds is 7. The maximum atomic E-state index is 13.7. The van der Waals surface area contributed by atoms with Gasteiger partial charge in [-0.2, -0.15) is 5.53 Å². The van der Waals surface area contributed by atoms with Crippen molar-refractivity contribution >= 4 is 11.8 Å². The van der Waals surface area contributed by atoms with E-state index in [0.717, 1.165) is 12.0 Å². The number of hydrogen-bond donors (Lipinski definition) is 4. The normalized spacial score (nSPS) is 31.0. The molecular weight excluding hydrogens is 389 g/mol. The van der Waals surface area contributed by atoms with Crippen LogP contribution in [-0.4, -0.2) is 48.8 Å². The van der Waals surface area contributed by atoms with Gasteiger partial charge in [-0.3, -0.25) is 9.59 Å². The third-order valence-electron chi connectivity index (χ3n) is 6.31. The maximum absolute atomic E-state index is 13.7. The fraction of sp³-hybridized carbons (Fsp3) is 0.619. The van der Waals surface area contributed by atoms with Gasteiger partial charge in [0.15, 0.2) is 0 Å². The summed E-state index contributed by atoms with van der Waals surface area (Å²) >= 11 is 0. The molecule has 164 valence electrons. The van der Waals surface area contributed by atoms with E-state index in [-0.39, 0.29) is 47.7 Å². The Morgan fingerprint density at radius 1 is 1.37 bits per heavy atom. The van der Waals surface area contributed by atoms with Crippen LogP contribution >= 0.6 is 0 Å². The van der Waals surface area contributed by atoms with Crippen LogP contribution in [-0.2, 0) is 14.3 Å². The number of halogens is 1. The van der Waals surface area contributed by atoms with Crippen LogP contribution in [0.5, 0.6) is 0 Å². The number of nitrogens with zero attached hydrogens (tertiary/aromatic N) is 1. The Kier molecular flexibility index (Phi) is 6.62. The predicted octanol–water partition coefficient (Wildman–Crippen LogP) is 0.975. The van der Waals surface area contributed by atoms with Crippen molar-refractivity contribution in [3.63, 3.8) is 0 Å². The van der Waals surface area contributed by atoms with Crippen molar-refractivity contribution in [2.75, 3.05) is 19.8 Å². The number of hydrogen-bond acceptors (Lipinski definition) is 6. The second-order valence-corrected chi connectivity index (χ2v) is 8.17. The van der Waals surface area contributed by atoms with E-state index in [4.69, 9.17) is 4.74 Å². The third kappa shape index (κ3) is 4.34. The molecule has 2 amide bonds. The lowest BCUT2D eigenvalue weighted by Gasteiger charge is -2.46. The highest BCUT2D eigenvalue weighted by Crippen LogP contribution is 2.38. The average Bonchev–Trinajstić information content (AvgIpc) is 3.17. The van der Waals surface area contributed by atoms with Crippen LogP contribution < -0.4 is 21.6 Å². The number of nitrogens with one attached hydrogen (secondary N) is 4. The van der Waals surface area contributed by atoms with Gasteiger partial charge in [0.25, 0.3) is 0 Å². The molecule has 8 nitrogen and oxygen atoms in total. The van der Waals surface area contributed by atoms with Crippen LogP contribution in [0.4, 0.5) is 4.39 Å². The van der Waals surface area contributed by atoms with Crippen molar-refractivity contribution in [1.29, 1.82) is 0 Å². The molecule has 0 spiro atoms. The lowest BCUT2D eigenvalue weighted by Crippen LogP contribution is -2.65. The van der Waals surface area contributed by atoms with E-state index >= 15 is 0 Å². The molecule has 1 aromatic carbocycles. The molecule has 2 aliphatic heterocycles. The summed E-state index contributed by atoms with van der Waals surface area (Å²) in [6.07, 6.45) is 2.42. The summed E-state index contributed by atoms with van der Waals surface area (Å²) < 4.78 is 19.0. The van der Waals surface area contributed by atoms with Gasteiger partial charge in [-0.1, -0.05) is 12.1 Å². The first-order chi connectivity index (χ1) is 14.6. The number of carbonyl (C=O) groups excluding carboxylic acids is 2. The smallest absolute Gasteiger partial charge is 0.226 e. The zero-order valence-corrected chi connectivity index (χ0v) is 17.2. The minimum Gasteiger partial charge on any atom is -0.382 e. The molecule has 0 radical (unpaired) electrons. The van der Waals surface area contributed by atoms with Crippen LogP contribution in [0.25, 0.3) is 0 Å². The summed E-state index contributed by atoms with van der Waals surface area (Å²) in [6, 6.07) is 6.00. The van der Waals surface area contributed by atoms with Crippen LogP contribution in [0.3, 0.4) is 0 Å². The predicted molar refractivity (Wildman–Crippen MR) is 108 cm³/mol. The van der Waals surface area contributed by atoms with Crippen LogP contribution in [0.15, 0.2) is 24.3 Å². The molecular formula is C21H30FN5O3. The standard InChI is InChI=1S/C21H30FN5O3/c1-2-30-10-4-9-23-20(28)14-7-8-16-17(12-14)27-19(24-21(16)29)18(25-26-27)13-5-3-6-15(22)11-13/h3,5-6,11,14,16-19,25-26H,2,4,7-10,12H2,1H3,(H,23,28)(H,24,29). The summed E-state index contributed by atoms with van der Waals surface area (Å²) in [5.74, 6) is -0.555. The summed E-state index contributed by atoms with van der Waals surface area (Å²) in [4.78, 5) is 25.4. The van der Waals surface area contributed by atoms with Gasteiger partial charge in [-0.25, -0.2) is 14.8 Å². The highest BCUT2D eigenvalue weighted by Gasteiger charge is 2.51. The first kappa shape index (κ1) is 21.2. The van der Waals surface area contributed by atoms with Gasteiger partial charge in [-0.05, 0) is 50.3 Å². The largest absolute Gasteiger partial charge is 0.382 e. The SMILES string of the molecule is CCOCCCNC(=O)C1CCC2C(=O)NC3C(c4cccc(F)c4)NNN3C2C1. The van der Waals surface area contributed by atoms with Crippen LogP contribution in [0, 0.1) is 17.7 Å². The Morgan fingerprint density at radius 3 is 3.03 bits per heavy atom. The van der Waals surface area contributed by atoms with Crippen LogP contribution in [0.1, 0.15) is 44.2 Å². The third-order valence-corrected chi connectivity index (χ3v) is 6.31. The zero-order chi connectivity index (χ0) is 21.1. The molecule has 30 heavy (non-hydrogen) atoms. The molecule has 1 aliphatic carbocycles. The molecule has 2 heterocycles. The van der Waals surface area contributed by atoms with Gasteiger partial charge in [0.2, 0.25) is 11.8 Å². The molecule has 4 N–H and O–H groups in total. The first-order valence-corrected chi connectivity index (χ1v) is 10.8. The summed E-state index contributed by atoms with van der Waals surface area (Å²) in [5.41, 5.74) is 7.10. The maximum Gasteiger partial charge on any atom is 0.226 e. The van der Waals surface area contributed by atoms with Gasteiger partial charge >= 0.3 is 0 Å². The minimum absolute atomic E-state index is 0.00345. The van der Waals surface area contributed by atoms with Crippen molar-refractivity contribution in [3.8, 4) is 0 Å². The van der Waals surface area contributed by atoms with E-state index in [1.807, 2.05) is 18.0 Å². The molecule has 5 atom stereocenters. The number of fused-ring (bicyclic) bond motifs is 3. The molecule has 0 aromatic heterocycles. The van der Waals surface area contributed by atoms with Crippen molar-refractivity contribution in [1.82, 2.24) is 26.6 Å². The Hall–Kier alpha value is -2.07. The average molecular weight is 420 g/mol. The zero-order valence-electron chi connectivity index (χ0n) is 17.2. The number of hydrazine groups is 2. The van der Waals surface area contributed by atoms with Crippen molar-refractivity contribution in [2.24, 2.45) is 11.8 Å². The summed E-state index contributed by atoms with van der Waals surface area (Å²) in [5, 5.41) is 8.07. The van der Waals surface area contributed by atoms with E-state index in [9.17, 15) is 14.0 Å². The Bertz CT molecular complexity index is 779. The fourth-order valence-electron chi connectivity index (χ4n) is 4.79. The molecule has 0 bridgehead atoms. The van der Waals surface area contributed by atoms with Crippen molar-refractivity contribution in [2.45, 2.75) is 50.9 Å². The van der Waals surface area contributed by atoms with Gasteiger partial charge in [0.1, 0.15) is 12.0 Å². The lowest BCUT2D eigenvalue weighted by atomic mass is 9.75. The van der Waals surface area contributed by atoms with Gasteiger partial charge in [0, 0.05) is 31.7 Å². The van der Waals surface area contributed by atoms with Crippen molar-refractivity contribution < 1.29 is 18.7 Å². The fourth-order valence-corrected chi connectivity index (χ4v) is 4.79. The molecule has 9 heteroatoms. The van der Waals surface area contributed by atoms with E-state index in [1.165, 1.54) is 12.1 Å². The van der Waals surface area contributed by atoms with E-state index in [1.54, 1.807) is 6.07 Å². The highest BCUT2D eigenvalue weighted by molar-refractivity contribution is 5.82. The topological polar surface area (TPSA) is 94.7 Å².